The van der Waals surface area contributed by atoms with Crippen molar-refractivity contribution in [3.63, 3.8) is 0 Å². The van der Waals surface area contributed by atoms with Crippen LogP contribution < -0.4 is 5.73 Å². The van der Waals surface area contributed by atoms with Crippen LogP contribution in [0.3, 0.4) is 0 Å². The van der Waals surface area contributed by atoms with Crippen molar-refractivity contribution in [3.05, 3.63) is 33.8 Å². The Morgan fingerprint density at radius 3 is 2.94 bits per heavy atom. The molecule has 0 aliphatic heterocycles. The molecule has 7 heteroatoms. The summed E-state index contributed by atoms with van der Waals surface area (Å²) in [6.45, 7) is 0. The Morgan fingerprint density at radius 1 is 1.59 bits per heavy atom. The minimum atomic E-state index is -0.493. The number of pyridine rings is 1. The lowest BCUT2D eigenvalue weighted by molar-refractivity contribution is 0.0602. The standard InChI is InChI=1S/C10H9IN4O2/c1-17-10(16)7-2-3-13-9(8(7)12)15-5-6(11)4-14-15/h2-5H,12H2,1H3. The van der Waals surface area contributed by atoms with Gasteiger partial charge in [0.25, 0.3) is 0 Å². The van der Waals surface area contributed by atoms with Gasteiger partial charge in [-0.3, -0.25) is 0 Å². The Balaban J connectivity index is 2.53. The molecule has 88 valence electrons. The first-order valence-corrected chi connectivity index (χ1v) is 5.74. The van der Waals surface area contributed by atoms with Gasteiger partial charge in [-0.15, -0.1) is 0 Å². The van der Waals surface area contributed by atoms with E-state index < -0.39 is 5.97 Å². The molecule has 2 aromatic rings. The molecule has 0 aromatic carbocycles. The first kappa shape index (κ1) is 11.8. The number of carbonyl (C=O) groups excluding carboxylic acids is 1. The molecular formula is C10H9IN4O2. The lowest BCUT2D eigenvalue weighted by Gasteiger charge is -2.07. The van der Waals surface area contributed by atoms with Gasteiger partial charge >= 0.3 is 5.97 Å². The Kier molecular flexibility index (Phi) is 3.27. The van der Waals surface area contributed by atoms with E-state index >= 15 is 0 Å². The van der Waals surface area contributed by atoms with Gasteiger partial charge in [0.2, 0.25) is 0 Å². The molecule has 0 aliphatic carbocycles. The maximum absolute atomic E-state index is 11.5. The normalized spacial score (nSPS) is 10.2. The highest BCUT2D eigenvalue weighted by Gasteiger charge is 2.15. The summed E-state index contributed by atoms with van der Waals surface area (Å²) in [6.07, 6.45) is 4.93. The van der Waals surface area contributed by atoms with Gasteiger partial charge in [0, 0.05) is 12.4 Å². The highest BCUT2D eigenvalue weighted by atomic mass is 127. The largest absolute Gasteiger partial charge is 0.465 e. The van der Waals surface area contributed by atoms with Crippen LogP contribution in [0, 0.1) is 3.57 Å². The average molecular weight is 344 g/mol. The predicted molar refractivity (Wildman–Crippen MR) is 69.8 cm³/mol. The molecule has 0 spiro atoms. The van der Waals surface area contributed by atoms with Crippen molar-refractivity contribution >= 4 is 34.2 Å². The van der Waals surface area contributed by atoms with Crippen molar-refractivity contribution in [3.8, 4) is 5.82 Å². The molecule has 0 saturated heterocycles. The zero-order valence-corrected chi connectivity index (χ0v) is 11.1. The second kappa shape index (κ2) is 4.70. The number of anilines is 1. The number of halogens is 1. The van der Waals surface area contributed by atoms with Crippen molar-refractivity contribution < 1.29 is 9.53 Å². The maximum Gasteiger partial charge on any atom is 0.340 e. The van der Waals surface area contributed by atoms with E-state index in [2.05, 4.69) is 37.4 Å². The number of carbonyl (C=O) groups is 1. The number of nitrogens with two attached hydrogens (primary N) is 1. The zero-order chi connectivity index (χ0) is 12.4. The van der Waals surface area contributed by atoms with Crippen molar-refractivity contribution in [1.82, 2.24) is 14.8 Å². The minimum Gasteiger partial charge on any atom is -0.465 e. The number of ether oxygens (including phenoxy) is 1. The predicted octanol–water partition coefficient (Wildman–Crippen LogP) is 1.24. The van der Waals surface area contributed by atoms with Crippen LogP contribution in [-0.4, -0.2) is 27.8 Å². The van der Waals surface area contributed by atoms with E-state index in [9.17, 15) is 4.79 Å². The molecule has 2 aromatic heterocycles. The molecule has 0 radical (unpaired) electrons. The summed E-state index contributed by atoms with van der Waals surface area (Å²) in [5.74, 6) is -0.0798. The molecule has 0 aliphatic rings. The van der Waals surface area contributed by atoms with Crippen molar-refractivity contribution in [2.75, 3.05) is 12.8 Å². The Labute approximate surface area is 111 Å². The minimum absolute atomic E-state index is 0.249. The van der Waals surface area contributed by atoms with Gasteiger partial charge in [-0.25, -0.2) is 14.5 Å². The molecule has 2 rings (SSSR count). The fourth-order valence-electron chi connectivity index (χ4n) is 1.35. The number of esters is 1. The highest BCUT2D eigenvalue weighted by molar-refractivity contribution is 14.1. The molecule has 0 amide bonds. The van der Waals surface area contributed by atoms with E-state index in [0.717, 1.165) is 3.57 Å². The molecule has 0 unspecified atom stereocenters. The molecule has 0 bridgehead atoms. The molecule has 2 N–H and O–H groups in total. The monoisotopic (exact) mass is 344 g/mol. The van der Waals surface area contributed by atoms with Crippen LogP contribution in [-0.2, 0) is 4.74 Å². The highest BCUT2D eigenvalue weighted by Crippen LogP contribution is 2.19. The number of methoxy groups -OCH3 is 1. The second-order valence-electron chi connectivity index (χ2n) is 3.19. The van der Waals surface area contributed by atoms with E-state index in [0.29, 0.717) is 5.82 Å². The summed E-state index contributed by atoms with van der Waals surface area (Å²) in [7, 11) is 1.30. The van der Waals surface area contributed by atoms with Crippen molar-refractivity contribution in [1.29, 1.82) is 0 Å². The van der Waals surface area contributed by atoms with Crippen molar-refractivity contribution in [2.24, 2.45) is 0 Å². The topological polar surface area (TPSA) is 83.0 Å². The lowest BCUT2D eigenvalue weighted by atomic mass is 10.2. The first-order valence-electron chi connectivity index (χ1n) is 4.67. The number of aromatic nitrogens is 3. The number of nitrogens with zero attached hydrogens (tertiary/aromatic N) is 3. The van der Waals surface area contributed by atoms with Crippen LogP contribution >= 0.6 is 22.6 Å². The maximum atomic E-state index is 11.5. The van der Waals surface area contributed by atoms with Gasteiger partial charge in [-0.2, -0.15) is 5.10 Å². The fourth-order valence-corrected chi connectivity index (χ4v) is 1.74. The summed E-state index contributed by atoms with van der Waals surface area (Å²) in [5, 5.41) is 4.09. The summed E-state index contributed by atoms with van der Waals surface area (Å²) in [6, 6.07) is 1.51. The van der Waals surface area contributed by atoms with E-state index in [-0.39, 0.29) is 11.3 Å². The number of hydrogen-bond acceptors (Lipinski definition) is 5. The van der Waals surface area contributed by atoms with Crippen LogP contribution in [0.4, 0.5) is 5.69 Å². The van der Waals surface area contributed by atoms with Crippen molar-refractivity contribution in [2.45, 2.75) is 0 Å². The van der Waals surface area contributed by atoms with E-state index in [1.165, 1.54) is 24.1 Å². The van der Waals surface area contributed by atoms with Gasteiger partial charge < -0.3 is 10.5 Å². The van der Waals surface area contributed by atoms with Crippen LogP contribution in [0.5, 0.6) is 0 Å². The quantitative estimate of drug-likeness (QED) is 0.655. The van der Waals surface area contributed by atoms with Gasteiger partial charge in [-0.1, -0.05) is 0 Å². The van der Waals surface area contributed by atoms with Gasteiger partial charge in [0.1, 0.15) is 0 Å². The van der Waals surface area contributed by atoms with Gasteiger partial charge in [0.15, 0.2) is 5.82 Å². The van der Waals surface area contributed by atoms with Gasteiger partial charge in [0.05, 0.1) is 28.1 Å². The third-order valence-electron chi connectivity index (χ3n) is 2.14. The number of rotatable bonds is 2. The van der Waals surface area contributed by atoms with E-state index in [1.54, 1.807) is 12.4 Å². The second-order valence-corrected chi connectivity index (χ2v) is 4.44. The van der Waals surface area contributed by atoms with Gasteiger partial charge in [-0.05, 0) is 28.7 Å². The smallest absolute Gasteiger partial charge is 0.340 e. The molecular weight excluding hydrogens is 335 g/mol. The summed E-state index contributed by atoms with van der Waals surface area (Å²) < 4.78 is 7.10. The van der Waals surface area contributed by atoms with Crippen LogP contribution in [0.1, 0.15) is 10.4 Å². The third-order valence-corrected chi connectivity index (χ3v) is 2.70. The summed E-state index contributed by atoms with van der Waals surface area (Å²) in [4.78, 5) is 15.6. The molecule has 0 fully saturated rings. The number of nitrogen functional groups attached to an aromatic ring is 1. The number of hydrogen-bond donors (Lipinski definition) is 1. The summed E-state index contributed by atoms with van der Waals surface area (Å²) in [5.41, 5.74) is 6.40. The molecule has 2 heterocycles. The third kappa shape index (κ3) is 2.23. The first-order chi connectivity index (χ1) is 8.13. The van der Waals surface area contributed by atoms with Crippen LogP contribution in [0.2, 0.25) is 0 Å². The zero-order valence-electron chi connectivity index (χ0n) is 8.92. The van der Waals surface area contributed by atoms with Crippen LogP contribution in [0.15, 0.2) is 24.7 Å². The molecule has 17 heavy (non-hydrogen) atoms. The average Bonchev–Trinajstić information content (AvgIpc) is 2.75. The Morgan fingerprint density at radius 2 is 2.35 bits per heavy atom. The molecule has 6 nitrogen and oxygen atoms in total. The SMILES string of the molecule is COC(=O)c1ccnc(-n2cc(I)cn2)c1N. The van der Waals surface area contributed by atoms with E-state index in [4.69, 9.17) is 5.73 Å². The Bertz CT molecular complexity index is 567. The van der Waals surface area contributed by atoms with Crippen LogP contribution in [0.25, 0.3) is 5.82 Å². The summed E-state index contributed by atoms with van der Waals surface area (Å²) >= 11 is 2.12. The Hall–Kier alpha value is -1.64. The molecule has 0 saturated carbocycles. The van der Waals surface area contributed by atoms with E-state index in [1.807, 2.05) is 0 Å². The fraction of sp³-hybridized carbons (Fsp3) is 0.100. The lowest BCUT2D eigenvalue weighted by Crippen LogP contribution is -2.10. The molecule has 0 atom stereocenters.